The number of anilines is 2. The van der Waals surface area contributed by atoms with Crippen LogP contribution in [0.1, 0.15) is 22.8 Å². The molecule has 2 aromatic carbocycles. The number of hydrogen-bond donors (Lipinski definition) is 2. The van der Waals surface area contributed by atoms with Crippen LogP contribution < -0.4 is 10.6 Å². The number of carbonyl (C=O) groups is 2. The Morgan fingerprint density at radius 1 is 1.15 bits per heavy atom. The second-order valence-electron chi connectivity index (χ2n) is 5.40. The summed E-state index contributed by atoms with van der Waals surface area (Å²) in [5.41, 5.74) is 2.44. The fraction of sp³-hybridized carbons (Fsp3) is 0.150. The molecule has 26 heavy (non-hydrogen) atoms. The number of nitriles is 1. The van der Waals surface area contributed by atoms with Gasteiger partial charge in [-0.05, 0) is 38.1 Å². The van der Waals surface area contributed by atoms with E-state index in [9.17, 15) is 9.59 Å². The number of aryl methyl sites for hydroxylation is 1. The van der Waals surface area contributed by atoms with E-state index in [1.165, 1.54) is 6.20 Å². The molecule has 0 aliphatic rings. The van der Waals surface area contributed by atoms with Gasteiger partial charge in [0, 0.05) is 11.9 Å². The van der Waals surface area contributed by atoms with Crippen molar-refractivity contribution < 1.29 is 14.3 Å². The minimum Gasteiger partial charge on any atom is -0.462 e. The van der Waals surface area contributed by atoms with Crippen LogP contribution in [0.5, 0.6) is 0 Å². The number of amides is 1. The van der Waals surface area contributed by atoms with E-state index in [0.29, 0.717) is 16.9 Å². The summed E-state index contributed by atoms with van der Waals surface area (Å²) in [5.74, 6) is -1.02. The smallest absolute Gasteiger partial charge is 0.350 e. The summed E-state index contributed by atoms with van der Waals surface area (Å²) in [7, 11) is 0. The monoisotopic (exact) mass is 349 g/mol. The van der Waals surface area contributed by atoms with Crippen molar-refractivity contribution in [3.8, 4) is 6.07 Å². The standard InChI is InChI=1S/C20H19N3O3/c1-3-26-20(25)15(12-21)13-22-18-7-5-4-6-17(18)19(24)23-16-10-8-14(2)9-11-16/h4-11,13,22H,3H2,1-2H3,(H,23,24)/b15-13+. The molecule has 0 aromatic heterocycles. The molecule has 132 valence electrons. The Hall–Kier alpha value is -3.59. The Morgan fingerprint density at radius 2 is 1.85 bits per heavy atom. The van der Waals surface area contributed by atoms with E-state index in [4.69, 9.17) is 10.00 Å². The number of ether oxygens (including phenoxy) is 1. The lowest BCUT2D eigenvalue weighted by molar-refractivity contribution is -0.138. The van der Waals surface area contributed by atoms with E-state index in [-0.39, 0.29) is 18.1 Å². The van der Waals surface area contributed by atoms with Crippen LogP contribution in [0.4, 0.5) is 11.4 Å². The first kappa shape index (κ1) is 18.7. The highest BCUT2D eigenvalue weighted by atomic mass is 16.5. The maximum absolute atomic E-state index is 12.5. The van der Waals surface area contributed by atoms with Crippen LogP contribution in [-0.2, 0) is 9.53 Å². The van der Waals surface area contributed by atoms with Crippen molar-refractivity contribution >= 4 is 23.3 Å². The number of rotatable bonds is 6. The molecule has 0 unspecified atom stereocenters. The first-order chi connectivity index (χ1) is 12.5. The predicted octanol–water partition coefficient (Wildman–Crippen LogP) is 3.63. The zero-order valence-electron chi connectivity index (χ0n) is 14.6. The highest BCUT2D eigenvalue weighted by Crippen LogP contribution is 2.18. The van der Waals surface area contributed by atoms with Gasteiger partial charge >= 0.3 is 5.97 Å². The lowest BCUT2D eigenvalue weighted by Crippen LogP contribution is -2.14. The number of carbonyl (C=O) groups excluding carboxylic acids is 2. The SMILES string of the molecule is CCOC(=O)/C(C#N)=C/Nc1ccccc1C(=O)Nc1ccc(C)cc1. The topological polar surface area (TPSA) is 91.2 Å². The molecule has 0 radical (unpaired) electrons. The van der Waals surface area contributed by atoms with E-state index in [0.717, 1.165) is 5.56 Å². The lowest BCUT2D eigenvalue weighted by Gasteiger charge is -2.10. The van der Waals surface area contributed by atoms with Crippen LogP contribution >= 0.6 is 0 Å². The fourth-order valence-electron chi connectivity index (χ4n) is 2.14. The largest absolute Gasteiger partial charge is 0.462 e. The fourth-order valence-corrected chi connectivity index (χ4v) is 2.14. The summed E-state index contributed by atoms with van der Waals surface area (Å²) in [6.45, 7) is 3.80. The zero-order chi connectivity index (χ0) is 18.9. The van der Waals surface area contributed by atoms with Gasteiger partial charge < -0.3 is 15.4 Å². The Morgan fingerprint density at radius 3 is 2.50 bits per heavy atom. The molecule has 0 aliphatic heterocycles. The summed E-state index contributed by atoms with van der Waals surface area (Å²) >= 11 is 0. The second kappa shape index (κ2) is 9.04. The van der Waals surface area contributed by atoms with Gasteiger partial charge in [0.2, 0.25) is 0 Å². The van der Waals surface area contributed by atoms with Gasteiger partial charge in [-0.15, -0.1) is 0 Å². The summed E-state index contributed by atoms with van der Waals surface area (Å²) in [6, 6.07) is 16.0. The van der Waals surface area contributed by atoms with Crippen LogP contribution in [-0.4, -0.2) is 18.5 Å². The molecule has 0 heterocycles. The van der Waals surface area contributed by atoms with E-state index in [1.54, 1.807) is 37.3 Å². The van der Waals surface area contributed by atoms with Crippen LogP contribution in [0.3, 0.4) is 0 Å². The Balaban J connectivity index is 2.19. The second-order valence-corrected chi connectivity index (χ2v) is 5.40. The molecule has 0 saturated carbocycles. The van der Waals surface area contributed by atoms with Gasteiger partial charge in [0.05, 0.1) is 17.9 Å². The Kier molecular flexibility index (Phi) is 6.52. The normalized spacial score (nSPS) is 10.6. The van der Waals surface area contributed by atoms with E-state index >= 15 is 0 Å². The summed E-state index contributed by atoms with van der Waals surface area (Å²) in [6.07, 6.45) is 1.23. The predicted molar refractivity (Wildman–Crippen MR) is 99.5 cm³/mol. The Bertz CT molecular complexity index is 865. The van der Waals surface area contributed by atoms with Crippen molar-refractivity contribution in [2.45, 2.75) is 13.8 Å². The van der Waals surface area contributed by atoms with Crippen molar-refractivity contribution in [1.82, 2.24) is 0 Å². The Labute approximate surface area is 152 Å². The lowest BCUT2D eigenvalue weighted by atomic mass is 10.1. The van der Waals surface area contributed by atoms with Crippen LogP contribution in [0, 0.1) is 18.3 Å². The third-order valence-electron chi connectivity index (χ3n) is 3.47. The van der Waals surface area contributed by atoms with Crippen molar-refractivity contribution in [1.29, 1.82) is 5.26 Å². The molecule has 6 heteroatoms. The van der Waals surface area contributed by atoms with Crippen LogP contribution in [0.15, 0.2) is 60.3 Å². The van der Waals surface area contributed by atoms with Crippen molar-refractivity contribution in [2.75, 3.05) is 17.2 Å². The number of para-hydroxylation sites is 1. The number of hydrogen-bond acceptors (Lipinski definition) is 5. The number of nitrogens with one attached hydrogen (secondary N) is 2. The summed E-state index contributed by atoms with van der Waals surface area (Å²) < 4.78 is 4.80. The van der Waals surface area contributed by atoms with Gasteiger partial charge in [-0.25, -0.2) is 4.79 Å². The first-order valence-electron chi connectivity index (χ1n) is 8.06. The van der Waals surface area contributed by atoms with Crippen molar-refractivity contribution in [3.63, 3.8) is 0 Å². The molecule has 6 nitrogen and oxygen atoms in total. The van der Waals surface area contributed by atoms with Gasteiger partial charge in [-0.2, -0.15) is 5.26 Å². The molecule has 2 aromatic rings. The van der Waals surface area contributed by atoms with Gasteiger partial charge in [-0.1, -0.05) is 29.8 Å². The molecule has 2 N–H and O–H groups in total. The third kappa shape index (κ3) is 4.95. The maximum Gasteiger partial charge on any atom is 0.350 e. The molecule has 0 atom stereocenters. The molecule has 0 spiro atoms. The summed E-state index contributed by atoms with van der Waals surface area (Å²) in [5, 5.41) is 14.7. The molecule has 0 aliphatic carbocycles. The van der Waals surface area contributed by atoms with Crippen molar-refractivity contribution in [3.05, 3.63) is 71.4 Å². The quantitative estimate of drug-likeness (QED) is 0.472. The van der Waals surface area contributed by atoms with Gasteiger partial charge in [0.15, 0.2) is 5.57 Å². The molecule has 2 rings (SSSR count). The molecular weight excluding hydrogens is 330 g/mol. The number of esters is 1. The first-order valence-corrected chi connectivity index (χ1v) is 8.06. The van der Waals surface area contributed by atoms with Crippen LogP contribution in [0.25, 0.3) is 0 Å². The van der Waals surface area contributed by atoms with Gasteiger partial charge in [0.1, 0.15) is 6.07 Å². The molecule has 0 saturated heterocycles. The highest BCUT2D eigenvalue weighted by Gasteiger charge is 2.13. The molecule has 0 fully saturated rings. The average Bonchev–Trinajstić information content (AvgIpc) is 2.64. The molecule has 0 bridgehead atoms. The summed E-state index contributed by atoms with van der Waals surface area (Å²) in [4.78, 5) is 24.2. The minimum atomic E-state index is -0.718. The number of benzene rings is 2. The number of nitrogens with zero attached hydrogens (tertiary/aromatic N) is 1. The maximum atomic E-state index is 12.5. The third-order valence-corrected chi connectivity index (χ3v) is 3.47. The van der Waals surface area contributed by atoms with E-state index < -0.39 is 5.97 Å². The minimum absolute atomic E-state index is 0.174. The molecule has 1 amide bonds. The van der Waals surface area contributed by atoms with Gasteiger partial charge in [-0.3, -0.25) is 4.79 Å². The van der Waals surface area contributed by atoms with Crippen LogP contribution in [0.2, 0.25) is 0 Å². The van der Waals surface area contributed by atoms with E-state index in [2.05, 4.69) is 10.6 Å². The average molecular weight is 349 g/mol. The van der Waals surface area contributed by atoms with Gasteiger partial charge in [0.25, 0.3) is 5.91 Å². The van der Waals surface area contributed by atoms with Crippen molar-refractivity contribution in [2.24, 2.45) is 0 Å². The molecular formula is C20H19N3O3. The zero-order valence-corrected chi connectivity index (χ0v) is 14.6. The highest BCUT2D eigenvalue weighted by molar-refractivity contribution is 6.08. The van der Waals surface area contributed by atoms with E-state index in [1.807, 2.05) is 31.2 Å².